The molecule has 2 saturated heterocycles. The Hall–Kier alpha value is -8.80. The van der Waals surface area contributed by atoms with Gasteiger partial charge in [0.05, 0.1) is 48.7 Å². The van der Waals surface area contributed by atoms with Crippen LogP contribution in [0.5, 0.6) is 34.5 Å². The van der Waals surface area contributed by atoms with E-state index in [1.807, 2.05) is 32.6 Å². The number of ketones is 1. The molecule has 8 aliphatic rings. The van der Waals surface area contributed by atoms with Crippen molar-refractivity contribution in [2.24, 2.45) is 5.73 Å². The molecule has 111 heavy (non-hydrogen) atoms. The van der Waals surface area contributed by atoms with Crippen LogP contribution >= 0.6 is 0 Å². The van der Waals surface area contributed by atoms with Crippen molar-refractivity contribution in [3.63, 3.8) is 0 Å². The van der Waals surface area contributed by atoms with E-state index in [-0.39, 0.29) is 90.2 Å². The summed E-state index contributed by atoms with van der Waals surface area (Å²) in [6.45, 7) is 22.3. The summed E-state index contributed by atoms with van der Waals surface area (Å²) in [6.07, 6.45) is 3.59. The fourth-order valence-electron chi connectivity index (χ4n) is 16.0. The van der Waals surface area contributed by atoms with Gasteiger partial charge in [0.15, 0.2) is 34.3 Å². The van der Waals surface area contributed by atoms with Gasteiger partial charge in [-0.3, -0.25) is 19.4 Å². The maximum Gasteiger partial charge on any atom is 0.534 e. The van der Waals surface area contributed by atoms with Crippen molar-refractivity contribution in [2.45, 2.75) is 153 Å². The third-order valence-corrected chi connectivity index (χ3v) is 22.8. The second-order valence-corrected chi connectivity index (χ2v) is 32.1. The lowest BCUT2D eigenvalue weighted by molar-refractivity contribution is -0.137. The molecular formula is C77H87F10N5O17S2. The molecule has 34 heteroatoms. The average Bonchev–Trinajstić information content (AvgIpc) is 1.63. The number of ether oxygens (including phenoxy) is 6. The third-order valence-electron chi connectivity index (χ3n) is 20.9. The van der Waals surface area contributed by atoms with E-state index >= 15 is 17.6 Å². The molecule has 0 bridgehead atoms. The Bertz CT molecular complexity index is 4820. The molecule has 22 nitrogen and oxygen atoms in total. The number of morpholine rings is 2. The number of hydrogen-bond acceptors (Lipinski definition) is 21. The molecule has 0 aromatic heterocycles. The average molecular weight is 1610 g/mol. The number of carbonyl (C=O) groups excluding carboxylic acids is 3. The normalized spacial score (nSPS) is 21.2. The molecule has 14 rings (SSSR count). The number of halogens is 10. The lowest BCUT2D eigenvalue weighted by Crippen LogP contribution is -2.49. The van der Waals surface area contributed by atoms with Crippen LogP contribution in [0.1, 0.15) is 185 Å². The lowest BCUT2D eigenvalue weighted by atomic mass is 9.74. The van der Waals surface area contributed by atoms with Gasteiger partial charge in [-0.25, -0.2) is 18.4 Å². The van der Waals surface area contributed by atoms with E-state index in [0.717, 1.165) is 76.6 Å². The van der Waals surface area contributed by atoms with Crippen molar-refractivity contribution in [3.8, 4) is 34.5 Å². The molecule has 2 fully saturated rings. The quantitative estimate of drug-likeness (QED) is 0.0350. The number of rotatable bonds is 18. The third kappa shape index (κ3) is 15.9. The molecule has 6 aromatic rings. The fraction of sp³-hybridized carbons (Fsp3) is 0.481. The van der Waals surface area contributed by atoms with Crippen molar-refractivity contribution in [1.82, 2.24) is 9.80 Å². The first-order valence-corrected chi connectivity index (χ1v) is 38.1. The van der Waals surface area contributed by atoms with E-state index in [0.29, 0.717) is 81.9 Å². The van der Waals surface area contributed by atoms with E-state index in [2.05, 4.69) is 36.9 Å². The molecule has 2 spiro atoms. The van der Waals surface area contributed by atoms with Crippen LogP contribution in [0.2, 0.25) is 0 Å². The highest BCUT2D eigenvalue weighted by atomic mass is 32.2. The molecule has 0 aliphatic carbocycles. The van der Waals surface area contributed by atoms with Crippen LogP contribution < -0.4 is 33.4 Å². The molecule has 6 aromatic carbocycles. The van der Waals surface area contributed by atoms with E-state index < -0.39 is 129 Å². The van der Waals surface area contributed by atoms with Gasteiger partial charge in [-0.05, 0) is 126 Å². The molecule has 3 N–H and O–H groups in total. The maximum atomic E-state index is 16.3. The van der Waals surface area contributed by atoms with Gasteiger partial charge >= 0.3 is 49.2 Å². The van der Waals surface area contributed by atoms with Crippen LogP contribution in [0.3, 0.4) is 0 Å². The Kier molecular flexibility index (Phi) is 24.4. The predicted octanol–water partition coefficient (Wildman–Crippen LogP) is 14.6. The molecule has 604 valence electrons. The summed E-state index contributed by atoms with van der Waals surface area (Å²) in [7, 11) is -13.0. The van der Waals surface area contributed by atoms with Crippen LogP contribution in [-0.2, 0) is 60.0 Å². The van der Waals surface area contributed by atoms with Gasteiger partial charge in [0.25, 0.3) is 0 Å². The van der Waals surface area contributed by atoms with Gasteiger partial charge in [0.2, 0.25) is 23.1 Å². The summed E-state index contributed by atoms with van der Waals surface area (Å²) in [4.78, 5) is 59.4. The van der Waals surface area contributed by atoms with Gasteiger partial charge in [-0.1, -0.05) is 65.1 Å². The summed E-state index contributed by atoms with van der Waals surface area (Å²) < 4.78 is 232. The van der Waals surface area contributed by atoms with Gasteiger partial charge in [-0.2, -0.15) is 52.0 Å². The molecule has 8 aliphatic heterocycles. The zero-order chi connectivity index (χ0) is 78.9. The van der Waals surface area contributed by atoms with Crippen molar-refractivity contribution < 1.29 is 122 Å². The van der Waals surface area contributed by atoms with Crippen LogP contribution in [0.15, 0.2) is 84.9 Å². The van der Waals surface area contributed by atoms with Crippen LogP contribution in [0.25, 0.3) is 0 Å². The number of carboxylic acids is 1. The Labute approximate surface area is 636 Å². The predicted molar refractivity (Wildman–Crippen MR) is 387 cm³/mol. The first-order chi connectivity index (χ1) is 51.3. The van der Waals surface area contributed by atoms with Crippen LogP contribution in [0, 0.1) is 23.3 Å². The fourth-order valence-corrected chi connectivity index (χ4v) is 16.9. The number of fused-ring (bicyclic) bond motifs is 14. The number of anilines is 2. The first-order valence-electron chi connectivity index (χ1n) is 35.3. The second-order valence-electron chi connectivity index (χ2n) is 29.1. The molecule has 0 saturated carbocycles. The highest BCUT2D eigenvalue weighted by Crippen LogP contribution is 2.63. The number of carbonyl (C=O) groups is 4. The van der Waals surface area contributed by atoms with Crippen LogP contribution in [0.4, 0.5) is 55.3 Å². The topological polar surface area (TPSA) is 270 Å². The maximum absolute atomic E-state index is 16.3. The highest BCUT2D eigenvalue weighted by Gasteiger charge is 2.59. The monoisotopic (exact) mass is 1610 g/mol. The van der Waals surface area contributed by atoms with Crippen molar-refractivity contribution in [2.75, 3.05) is 95.1 Å². The number of aliphatic carboxylic acids is 1. The summed E-state index contributed by atoms with van der Waals surface area (Å²) in [6, 6.07) is 19.9. The molecule has 0 radical (unpaired) electrons. The molecule has 0 amide bonds. The minimum atomic E-state index is -6.49. The van der Waals surface area contributed by atoms with Gasteiger partial charge in [-0.15, -0.1) is 0 Å². The van der Waals surface area contributed by atoms with E-state index in [9.17, 15) is 67.5 Å². The Balaban J connectivity index is 0.000000210. The first kappa shape index (κ1) is 84.6. The zero-order valence-electron chi connectivity index (χ0n) is 60.0. The zero-order valence-corrected chi connectivity index (χ0v) is 61.7. The van der Waals surface area contributed by atoms with E-state index in [1.165, 1.54) is 30.3 Å². The molecular weight excluding hydrogens is 1520 g/mol. The Morgan fingerprint density at radius 3 is 1.29 bits per heavy atom. The van der Waals surface area contributed by atoms with Crippen molar-refractivity contribution in [3.05, 3.63) is 164 Å². The minimum Gasteiger partial charge on any atom is -0.481 e. The summed E-state index contributed by atoms with van der Waals surface area (Å²) >= 11 is 0. The number of esters is 2. The number of carboxylic acid groups (broad SMARTS) is 1. The number of Topliss-reactive ketones (excluding diaryl/α,β-unsaturated/α-hetero) is 1. The number of nitrogens with two attached hydrogens (primary N) is 1. The number of alkyl halides is 6. The van der Waals surface area contributed by atoms with Gasteiger partial charge in [0.1, 0.15) is 17.3 Å². The summed E-state index contributed by atoms with van der Waals surface area (Å²) in [5, 5.41) is 9.21. The number of hydrogen-bond donors (Lipinski definition) is 2. The standard InChI is InChI=1S/C38H39F5N2O8S.C31H26F5NO8S.C6H14N2O.2CH4/c1-22-21-36(2,3)45(13-7-9-23(46)8-6-12-44-14-16-50-17-15-44)30-20-31-27(18-25(22)30)37(26-11-5-4-10-24(26)35(47)52-37)28-19-29(39)34(32(40)33(28)51-31)53-54(48,49)38(41,42)43;1-15-14-29(2,3)37(10-6-9-24(38)39)22-13-23-19(11-17(15)22)30(18-8-5-4-7-16(18)28(40)44-30)20-12-21(32)27(25(33)26(20)43-23)45-46(41,42)31(34,35)36;7-1-2-8-3-5-9-6-4-8;;/h4-5,10-11,18-20,22H,6-9,12-17,21H2,1-3H3;4-5,7-8,11-13,15H,6,9-10,14H2,1-3H3,(H,38,39);1-7H2;2*1H4. The number of benzene rings is 6. The van der Waals surface area contributed by atoms with Crippen molar-refractivity contribution in [1.29, 1.82) is 0 Å². The molecule has 4 unspecified atom stereocenters. The Morgan fingerprint density at radius 2 is 0.910 bits per heavy atom. The lowest BCUT2D eigenvalue weighted by Gasteiger charge is -2.48. The smallest absolute Gasteiger partial charge is 0.481 e. The Morgan fingerprint density at radius 1 is 0.541 bits per heavy atom. The SMILES string of the molecule is C.C.CC1CC(C)(C)N(CCCC(=O)CCCN2CCOCC2)c2cc3c(cc21)C1(OC(=O)c2ccccc21)c1cc(F)c(OS(=O)(=O)C(F)(F)F)c(F)c1O3.CC1CC(C)(C)N(CCCC(=O)O)c2cc3c(cc21)C1(OC(=O)c2ccccc21)c1cc(F)c(OS(=O)(=O)C(F)(F)F)c(F)c1O3.NCCN1CCOCC1. The largest absolute Gasteiger partial charge is 0.534 e. The van der Waals surface area contributed by atoms with Crippen molar-refractivity contribution >= 4 is 55.3 Å². The highest BCUT2D eigenvalue weighted by molar-refractivity contribution is 7.88. The molecule has 4 atom stereocenters. The van der Waals surface area contributed by atoms with Gasteiger partial charge < -0.3 is 57.4 Å². The van der Waals surface area contributed by atoms with Gasteiger partial charge in [0, 0.05) is 128 Å². The number of nitrogens with zero attached hydrogens (tertiary/aromatic N) is 4. The minimum absolute atomic E-state index is 0. The van der Waals surface area contributed by atoms with E-state index in [1.54, 1.807) is 42.5 Å². The second kappa shape index (κ2) is 32.0. The summed E-state index contributed by atoms with van der Waals surface area (Å²) in [5.41, 5.74) is -8.74. The molecule has 8 heterocycles. The summed E-state index contributed by atoms with van der Waals surface area (Å²) in [5.74, 6) is -15.8. The van der Waals surface area contributed by atoms with Crippen LogP contribution in [-0.4, -0.2) is 163 Å². The van der Waals surface area contributed by atoms with E-state index in [4.69, 9.17) is 34.2 Å².